The van der Waals surface area contributed by atoms with Gasteiger partial charge in [0.25, 0.3) is 0 Å². The van der Waals surface area contributed by atoms with E-state index in [0.717, 1.165) is 29.4 Å². The Labute approximate surface area is 121 Å². The summed E-state index contributed by atoms with van der Waals surface area (Å²) in [5.74, 6) is 0.0401. The van der Waals surface area contributed by atoms with Crippen LogP contribution in [0.2, 0.25) is 0 Å². The number of anilines is 1. The van der Waals surface area contributed by atoms with Crippen molar-refractivity contribution in [3.63, 3.8) is 0 Å². The van der Waals surface area contributed by atoms with Gasteiger partial charge in [-0.25, -0.2) is 4.98 Å². The van der Waals surface area contributed by atoms with Gasteiger partial charge in [-0.1, -0.05) is 30.3 Å². The number of nitrogens with one attached hydrogen (secondary N) is 2. The molecule has 21 heavy (non-hydrogen) atoms. The van der Waals surface area contributed by atoms with Gasteiger partial charge in [0.2, 0.25) is 5.91 Å². The summed E-state index contributed by atoms with van der Waals surface area (Å²) >= 11 is 0. The Bertz CT molecular complexity index is 805. The highest BCUT2D eigenvalue weighted by Gasteiger charge is 2.51. The molecule has 5 heteroatoms. The van der Waals surface area contributed by atoms with Gasteiger partial charge in [-0.05, 0) is 24.5 Å². The van der Waals surface area contributed by atoms with Gasteiger partial charge < -0.3 is 5.32 Å². The second kappa shape index (κ2) is 4.41. The molecule has 0 saturated heterocycles. The smallest absolute Gasteiger partial charge is 0.235 e. The highest BCUT2D eigenvalue weighted by atomic mass is 16.2. The zero-order valence-corrected chi connectivity index (χ0v) is 11.3. The van der Waals surface area contributed by atoms with Crippen LogP contribution < -0.4 is 5.32 Å². The van der Waals surface area contributed by atoms with Crippen molar-refractivity contribution in [1.82, 2.24) is 15.2 Å². The molecule has 0 unspecified atom stereocenters. The number of aromatic amines is 1. The molecular weight excluding hydrogens is 264 g/mol. The first-order valence-electron chi connectivity index (χ1n) is 6.94. The average Bonchev–Trinajstić information content (AvgIpc) is 3.21. The molecule has 0 atom stereocenters. The SMILES string of the molecule is O=C(Nc1cnc2[nH]ncc2c1)C1(c2ccccc2)CC1. The fraction of sp³-hybridized carbons (Fsp3) is 0.188. The Kier molecular flexibility index (Phi) is 2.54. The van der Waals surface area contributed by atoms with E-state index in [1.54, 1.807) is 12.4 Å². The third-order valence-corrected chi connectivity index (χ3v) is 4.06. The molecule has 1 amide bonds. The maximum absolute atomic E-state index is 12.6. The van der Waals surface area contributed by atoms with Crippen molar-refractivity contribution >= 4 is 22.6 Å². The van der Waals surface area contributed by atoms with Crippen molar-refractivity contribution in [3.8, 4) is 0 Å². The van der Waals surface area contributed by atoms with E-state index in [-0.39, 0.29) is 11.3 Å². The van der Waals surface area contributed by atoms with Crippen molar-refractivity contribution in [2.45, 2.75) is 18.3 Å². The Balaban J connectivity index is 1.61. The largest absolute Gasteiger partial charge is 0.324 e. The van der Waals surface area contributed by atoms with E-state index in [1.807, 2.05) is 36.4 Å². The van der Waals surface area contributed by atoms with E-state index in [9.17, 15) is 4.79 Å². The minimum atomic E-state index is -0.368. The monoisotopic (exact) mass is 278 g/mol. The second-order valence-corrected chi connectivity index (χ2v) is 5.43. The lowest BCUT2D eigenvalue weighted by Crippen LogP contribution is -2.27. The lowest BCUT2D eigenvalue weighted by Gasteiger charge is -2.15. The number of hydrogen-bond acceptors (Lipinski definition) is 3. The predicted molar refractivity (Wildman–Crippen MR) is 79.9 cm³/mol. The first-order valence-corrected chi connectivity index (χ1v) is 6.94. The molecule has 0 radical (unpaired) electrons. The van der Waals surface area contributed by atoms with Gasteiger partial charge in [-0.15, -0.1) is 0 Å². The van der Waals surface area contributed by atoms with Crippen LogP contribution in [0, 0.1) is 0 Å². The summed E-state index contributed by atoms with van der Waals surface area (Å²) in [4.78, 5) is 16.8. The van der Waals surface area contributed by atoms with Gasteiger partial charge in [0.15, 0.2) is 5.65 Å². The quantitative estimate of drug-likeness (QED) is 0.773. The first-order chi connectivity index (χ1) is 10.3. The lowest BCUT2D eigenvalue weighted by molar-refractivity contribution is -0.118. The van der Waals surface area contributed by atoms with Gasteiger partial charge in [-0.2, -0.15) is 5.10 Å². The molecule has 1 saturated carbocycles. The van der Waals surface area contributed by atoms with Crippen LogP contribution in [-0.2, 0) is 10.2 Å². The van der Waals surface area contributed by atoms with Gasteiger partial charge in [0.1, 0.15) is 0 Å². The number of amides is 1. The number of carbonyl (C=O) groups excluding carboxylic acids is 1. The van der Waals surface area contributed by atoms with Crippen LogP contribution in [0.4, 0.5) is 5.69 Å². The van der Waals surface area contributed by atoms with Crippen molar-refractivity contribution in [1.29, 1.82) is 0 Å². The summed E-state index contributed by atoms with van der Waals surface area (Å²) in [5.41, 5.74) is 2.14. The normalized spacial score (nSPS) is 15.8. The van der Waals surface area contributed by atoms with Crippen LogP contribution >= 0.6 is 0 Å². The third kappa shape index (κ3) is 1.98. The first kappa shape index (κ1) is 12.1. The zero-order chi connectivity index (χ0) is 14.3. The van der Waals surface area contributed by atoms with Crippen LogP contribution in [-0.4, -0.2) is 21.1 Å². The molecule has 2 N–H and O–H groups in total. The average molecular weight is 278 g/mol. The number of H-pyrrole nitrogens is 1. The molecule has 0 aliphatic heterocycles. The summed E-state index contributed by atoms with van der Waals surface area (Å²) < 4.78 is 0. The minimum absolute atomic E-state index is 0.0401. The predicted octanol–water partition coefficient (Wildman–Crippen LogP) is 2.63. The molecule has 2 aromatic heterocycles. The fourth-order valence-corrected chi connectivity index (χ4v) is 2.68. The molecule has 1 aromatic carbocycles. The summed E-state index contributed by atoms with van der Waals surface area (Å²) in [6.07, 6.45) is 5.13. The van der Waals surface area contributed by atoms with Crippen molar-refractivity contribution < 1.29 is 4.79 Å². The summed E-state index contributed by atoms with van der Waals surface area (Å²) in [6, 6.07) is 11.8. The minimum Gasteiger partial charge on any atom is -0.324 e. The van der Waals surface area contributed by atoms with Crippen LogP contribution in [0.1, 0.15) is 18.4 Å². The molecule has 3 aromatic rings. The van der Waals surface area contributed by atoms with Crippen molar-refractivity contribution in [2.75, 3.05) is 5.32 Å². The highest BCUT2D eigenvalue weighted by Crippen LogP contribution is 2.48. The van der Waals surface area contributed by atoms with Crippen LogP contribution in [0.15, 0.2) is 48.8 Å². The van der Waals surface area contributed by atoms with E-state index >= 15 is 0 Å². The van der Waals surface area contributed by atoms with Crippen LogP contribution in [0.5, 0.6) is 0 Å². The second-order valence-electron chi connectivity index (χ2n) is 5.43. The summed E-state index contributed by atoms with van der Waals surface area (Å²) in [6.45, 7) is 0. The third-order valence-electron chi connectivity index (χ3n) is 4.06. The number of benzene rings is 1. The number of pyridine rings is 1. The maximum atomic E-state index is 12.6. The van der Waals surface area contributed by atoms with E-state index < -0.39 is 0 Å². The Morgan fingerprint density at radius 2 is 2.00 bits per heavy atom. The van der Waals surface area contributed by atoms with E-state index in [0.29, 0.717) is 5.69 Å². The van der Waals surface area contributed by atoms with Crippen molar-refractivity contribution in [3.05, 3.63) is 54.4 Å². The molecule has 1 fully saturated rings. The molecule has 0 bridgehead atoms. The van der Waals surface area contributed by atoms with E-state index in [1.165, 1.54) is 0 Å². The Morgan fingerprint density at radius 1 is 1.19 bits per heavy atom. The molecule has 4 rings (SSSR count). The van der Waals surface area contributed by atoms with Gasteiger partial charge in [0, 0.05) is 5.39 Å². The standard InChI is InChI=1S/C16H14N4O/c21-15(16(6-7-16)12-4-2-1-3-5-12)19-13-8-11-9-18-20-14(11)17-10-13/h1-5,8-10H,6-7H2,(H,19,21)(H,17,18,20). The molecular formula is C16H14N4O. The van der Waals surface area contributed by atoms with Crippen LogP contribution in [0.25, 0.3) is 11.0 Å². The molecule has 104 valence electrons. The molecule has 1 aliphatic carbocycles. The molecule has 2 heterocycles. The fourth-order valence-electron chi connectivity index (χ4n) is 2.68. The van der Waals surface area contributed by atoms with Gasteiger partial charge in [-0.3, -0.25) is 9.89 Å². The molecule has 5 nitrogen and oxygen atoms in total. The van der Waals surface area contributed by atoms with E-state index in [4.69, 9.17) is 0 Å². The number of nitrogens with zero attached hydrogens (tertiary/aromatic N) is 2. The molecule has 1 aliphatic rings. The number of fused-ring (bicyclic) bond motifs is 1. The number of hydrogen-bond donors (Lipinski definition) is 2. The summed E-state index contributed by atoms with van der Waals surface area (Å²) in [7, 11) is 0. The lowest BCUT2D eigenvalue weighted by atomic mass is 9.95. The zero-order valence-electron chi connectivity index (χ0n) is 11.3. The number of aromatic nitrogens is 3. The van der Waals surface area contributed by atoms with Crippen LogP contribution in [0.3, 0.4) is 0 Å². The Morgan fingerprint density at radius 3 is 2.76 bits per heavy atom. The number of rotatable bonds is 3. The van der Waals surface area contributed by atoms with Crippen molar-refractivity contribution in [2.24, 2.45) is 0 Å². The maximum Gasteiger partial charge on any atom is 0.235 e. The highest BCUT2D eigenvalue weighted by molar-refractivity contribution is 6.02. The number of carbonyl (C=O) groups is 1. The van der Waals surface area contributed by atoms with Gasteiger partial charge >= 0.3 is 0 Å². The van der Waals surface area contributed by atoms with Gasteiger partial charge in [0.05, 0.1) is 23.5 Å². The molecule has 0 spiro atoms. The Hall–Kier alpha value is -2.69. The topological polar surface area (TPSA) is 70.7 Å². The van der Waals surface area contributed by atoms with E-state index in [2.05, 4.69) is 20.5 Å². The summed E-state index contributed by atoms with van der Waals surface area (Å²) in [5, 5.41) is 10.6.